The first-order valence-corrected chi connectivity index (χ1v) is 7.16. The van der Waals surface area contributed by atoms with Crippen molar-refractivity contribution in [2.45, 2.75) is 18.6 Å². The molecule has 2 aromatic carbocycles. The Labute approximate surface area is 140 Å². The molecule has 0 saturated heterocycles. The van der Waals surface area contributed by atoms with E-state index < -0.39 is 0 Å². The minimum Gasteiger partial charge on any atom is -0.508 e. The molecule has 1 atom stereocenters. The third kappa shape index (κ3) is 4.23. The molecule has 0 aliphatic rings. The zero-order chi connectivity index (χ0) is 14.0. The van der Waals surface area contributed by atoms with Crippen LogP contribution in [0, 0.1) is 6.92 Å². The number of hydrogen-bond acceptors (Lipinski definition) is 2. The molecule has 2 rings (SSSR count). The summed E-state index contributed by atoms with van der Waals surface area (Å²) < 4.78 is 0. The van der Waals surface area contributed by atoms with Crippen LogP contribution in [-0.4, -0.2) is 5.11 Å². The second-order valence-corrected chi connectivity index (χ2v) is 5.96. The van der Waals surface area contributed by atoms with Gasteiger partial charge in [-0.1, -0.05) is 35.3 Å². The summed E-state index contributed by atoms with van der Waals surface area (Å²) in [5, 5.41) is 10.7. The van der Waals surface area contributed by atoms with Crippen LogP contribution < -0.4 is 0 Å². The van der Waals surface area contributed by atoms with Gasteiger partial charge in [0, 0.05) is 15.3 Å². The number of hydrogen-bond donors (Lipinski definition) is 2. The number of phenols is 1. The Bertz CT molecular complexity index is 602. The van der Waals surface area contributed by atoms with Gasteiger partial charge >= 0.3 is 0 Å². The van der Waals surface area contributed by atoms with Gasteiger partial charge in [0.1, 0.15) is 5.75 Å². The van der Waals surface area contributed by atoms with Crippen molar-refractivity contribution in [2.75, 3.05) is 0 Å². The Morgan fingerprint density at radius 3 is 2.45 bits per heavy atom. The summed E-state index contributed by atoms with van der Waals surface area (Å²) in [6, 6.07) is 10.8. The van der Waals surface area contributed by atoms with E-state index in [4.69, 9.17) is 23.2 Å². The smallest absolute Gasteiger partial charge is 0.115 e. The Morgan fingerprint density at radius 2 is 1.85 bits per heavy atom. The molecule has 0 aliphatic carbocycles. The minimum absolute atomic E-state index is 0. The van der Waals surface area contributed by atoms with Gasteiger partial charge in [-0.05, 0) is 54.3 Å². The molecule has 1 nitrogen and oxygen atoms in total. The number of thiol groups is 1. The maximum atomic E-state index is 9.42. The molecule has 20 heavy (non-hydrogen) atoms. The van der Waals surface area contributed by atoms with Crippen LogP contribution in [-0.2, 0) is 6.42 Å². The normalized spacial score (nSPS) is 11.8. The molecule has 0 amide bonds. The zero-order valence-corrected chi connectivity index (χ0v) is 14.0. The number of halogens is 3. The summed E-state index contributed by atoms with van der Waals surface area (Å²) in [5.41, 5.74) is 3.12. The Hall–Kier alpha value is -0.540. The predicted molar refractivity (Wildman–Crippen MR) is 92.0 cm³/mol. The first-order chi connectivity index (χ1) is 8.97. The van der Waals surface area contributed by atoms with Crippen LogP contribution in [0.25, 0.3) is 0 Å². The highest BCUT2D eigenvalue weighted by molar-refractivity contribution is 7.80. The fourth-order valence-electron chi connectivity index (χ4n) is 2.04. The third-order valence-electron chi connectivity index (χ3n) is 3.04. The van der Waals surface area contributed by atoms with Crippen LogP contribution in [0.5, 0.6) is 5.75 Å². The first kappa shape index (κ1) is 17.5. The molecule has 2 aromatic rings. The predicted octanol–water partition coefficient (Wildman–Crippen LogP) is 5.64. The molecule has 0 spiro atoms. The number of aromatic hydroxyl groups is 1. The number of benzene rings is 2. The van der Waals surface area contributed by atoms with Gasteiger partial charge in [0.2, 0.25) is 0 Å². The molecule has 0 fully saturated rings. The van der Waals surface area contributed by atoms with E-state index in [0.717, 1.165) is 16.7 Å². The maximum Gasteiger partial charge on any atom is 0.115 e. The Morgan fingerprint density at radius 1 is 1.15 bits per heavy atom. The number of phenolic OH excluding ortho intramolecular Hbond substituents is 1. The van der Waals surface area contributed by atoms with Crippen LogP contribution in [0.2, 0.25) is 10.0 Å². The highest BCUT2D eigenvalue weighted by Crippen LogP contribution is 2.32. The molecule has 5 heteroatoms. The van der Waals surface area contributed by atoms with E-state index in [0.29, 0.717) is 16.5 Å². The average Bonchev–Trinajstić information content (AvgIpc) is 2.32. The summed E-state index contributed by atoms with van der Waals surface area (Å²) in [6.45, 7) is 1.96. The molecule has 0 heterocycles. The van der Waals surface area contributed by atoms with Gasteiger partial charge in [-0.25, -0.2) is 0 Å². The van der Waals surface area contributed by atoms with Gasteiger partial charge in [0.15, 0.2) is 0 Å². The van der Waals surface area contributed by atoms with Gasteiger partial charge in [0.25, 0.3) is 0 Å². The summed E-state index contributed by atoms with van der Waals surface area (Å²) in [5.74, 6) is 0.270. The highest BCUT2D eigenvalue weighted by Gasteiger charge is 2.12. The van der Waals surface area contributed by atoms with Crippen LogP contribution in [0.4, 0.5) is 0 Å². The molecule has 0 radical (unpaired) electrons. The van der Waals surface area contributed by atoms with Crippen LogP contribution in [0.3, 0.4) is 0 Å². The van der Waals surface area contributed by atoms with E-state index in [1.807, 2.05) is 25.1 Å². The van der Waals surface area contributed by atoms with E-state index in [-0.39, 0.29) is 23.4 Å². The van der Waals surface area contributed by atoms with Gasteiger partial charge < -0.3 is 5.11 Å². The van der Waals surface area contributed by atoms with E-state index >= 15 is 0 Å². The van der Waals surface area contributed by atoms with Gasteiger partial charge in [0.05, 0.1) is 0 Å². The van der Waals surface area contributed by atoms with Crippen molar-refractivity contribution in [2.24, 2.45) is 0 Å². The first-order valence-electron chi connectivity index (χ1n) is 5.89. The topological polar surface area (TPSA) is 20.2 Å². The largest absolute Gasteiger partial charge is 0.508 e. The lowest BCUT2D eigenvalue weighted by molar-refractivity contribution is 0.474. The van der Waals surface area contributed by atoms with E-state index in [2.05, 4.69) is 12.6 Å². The summed E-state index contributed by atoms with van der Waals surface area (Å²) in [7, 11) is 0. The molecule has 108 valence electrons. The number of aryl methyl sites for hydroxylation is 1. The lowest BCUT2D eigenvalue weighted by Crippen LogP contribution is -1.99. The van der Waals surface area contributed by atoms with E-state index in [1.54, 1.807) is 18.2 Å². The second-order valence-electron chi connectivity index (χ2n) is 4.50. The molecular formula is C15H15Cl3OS. The summed E-state index contributed by atoms with van der Waals surface area (Å²) in [4.78, 5) is 0. The fourth-order valence-corrected chi connectivity index (χ4v) is 3.01. The van der Waals surface area contributed by atoms with Crippen molar-refractivity contribution in [3.05, 3.63) is 63.1 Å². The molecule has 1 N–H and O–H groups in total. The van der Waals surface area contributed by atoms with Crippen molar-refractivity contribution in [1.29, 1.82) is 0 Å². The van der Waals surface area contributed by atoms with E-state index in [1.165, 1.54) is 0 Å². The van der Waals surface area contributed by atoms with Crippen molar-refractivity contribution >= 4 is 48.2 Å². The van der Waals surface area contributed by atoms with Gasteiger partial charge in [-0.15, -0.1) is 12.4 Å². The van der Waals surface area contributed by atoms with Crippen molar-refractivity contribution in [1.82, 2.24) is 0 Å². The summed E-state index contributed by atoms with van der Waals surface area (Å²) >= 11 is 16.7. The van der Waals surface area contributed by atoms with Gasteiger partial charge in [-0.2, -0.15) is 12.6 Å². The average molecular weight is 350 g/mol. The van der Waals surface area contributed by atoms with Crippen molar-refractivity contribution in [3.8, 4) is 5.75 Å². The zero-order valence-electron chi connectivity index (χ0n) is 10.8. The van der Waals surface area contributed by atoms with Crippen LogP contribution in [0.1, 0.15) is 21.9 Å². The molecule has 0 bridgehead atoms. The molecule has 0 aliphatic heterocycles. The lowest BCUT2D eigenvalue weighted by Gasteiger charge is -2.15. The van der Waals surface area contributed by atoms with Crippen LogP contribution in [0.15, 0.2) is 36.4 Å². The highest BCUT2D eigenvalue weighted by atomic mass is 35.5. The van der Waals surface area contributed by atoms with Crippen molar-refractivity contribution in [3.63, 3.8) is 0 Å². The molecular weight excluding hydrogens is 335 g/mol. The van der Waals surface area contributed by atoms with Crippen molar-refractivity contribution < 1.29 is 5.11 Å². The van der Waals surface area contributed by atoms with E-state index in [9.17, 15) is 5.11 Å². The molecule has 0 aromatic heterocycles. The fraction of sp³-hybridized carbons (Fsp3) is 0.200. The lowest BCUT2D eigenvalue weighted by atomic mass is 9.99. The monoisotopic (exact) mass is 348 g/mol. The number of rotatable bonds is 3. The summed E-state index contributed by atoms with van der Waals surface area (Å²) in [6.07, 6.45) is 0.713. The quantitative estimate of drug-likeness (QED) is 0.687. The minimum atomic E-state index is 0. The van der Waals surface area contributed by atoms with Gasteiger partial charge in [-0.3, -0.25) is 0 Å². The standard InChI is InChI=1S/C15H14Cl2OS.ClH/c1-9-6-12(18)4-5-13(9)15(19)7-10-2-3-11(16)8-14(10)17;/h2-6,8,15,18-19H,7H2,1H3;1H. The Kier molecular flexibility index (Phi) is 6.53. The second kappa shape index (κ2) is 7.46. The Balaban J connectivity index is 0.00000200. The molecule has 0 saturated carbocycles. The molecule has 1 unspecified atom stereocenters. The van der Waals surface area contributed by atoms with Crippen LogP contribution >= 0.6 is 48.2 Å². The third-order valence-corrected chi connectivity index (χ3v) is 4.09. The maximum absolute atomic E-state index is 9.42. The SMILES string of the molecule is Cc1cc(O)ccc1C(S)Cc1ccc(Cl)cc1Cl.Cl.